The van der Waals surface area contributed by atoms with Gasteiger partial charge >= 0.3 is 6.09 Å². The zero-order valence-electron chi connectivity index (χ0n) is 16.8. The zero-order chi connectivity index (χ0) is 18.7. The average Bonchev–Trinajstić information content (AvgIpc) is 2.29. The minimum atomic E-state index is -2.16. The maximum absolute atomic E-state index is 12.1. The molecule has 23 heavy (non-hydrogen) atoms. The molecule has 1 amide bonds. The number of nitrogens with one attached hydrogen (secondary N) is 1. The van der Waals surface area contributed by atoms with Crippen molar-refractivity contribution in [2.75, 3.05) is 0 Å². The van der Waals surface area contributed by atoms with Gasteiger partial charge in [-0.3, -0.25) is 0 Å². The fourth-order valence-electron chi connectivity index (χ4n) is 3.77. The van der Waals surface area contributed by atoms with E-state index in [4.69, 9.17) is 8.85 Å². The topological polar surface area (TPSA) is 47.6 Å². The highest BCUT2D eigenvalue weighted by Crippen LogP contribution is 2.36. The van der Waals surface area contributed by atoms with E-state index < -0.39 is 36.9 Å². The first kappa shape index (κ1) is 22.8. The summed E-state index contributed by atoms with van der Waals surface area (Å²) in [5, 5.41) is 3.14. The minimum absolute atomic E-state index is 0.0972. The van der Waals surface area contributed by atoms with Gasteiger partial charge in [-0.05, 0) is 26.1 Å². The molecule has 136 valence electrons. The lowest BCUT2D eigenvalue weighted by Crippen LogP contribution is -2.83. The van der Waals surface area contributed by atoms with Gasteiger partial charge in [-0.1, -0.05) is 52.8 Å². The molecule has 0 saturated carbocycles. The van der Waals surface area contributed by atoms with Gasteiger partial charge in [0.2, 0.25) is 0 Å². The second-order valence-corrected chi connectivity index (χ2v) is 40.3. The molecule has 0 radical (unpaired) electrons. The number of ether oxygens (including phenoxy) is 1. The number of hydrogen-bond acceptors (Lipinski definition) is 3. The molecule has 0 spiro atoms. The highest BCUT2D eigenvalue weighted by atomic mass is 29.7. The van der Waals surface area contributed by atoms with E-state index >= 15 is 0 Å². The predicted octanol–water partition coefficient (Wildman–Crippen LogP) is 4.80. The standard InChI is InChI=1S/C15H37NO3Si4/c1-12-14(16-15(17)18-13-2)23(21(6,7)8,22(9,10)11)19-20(3,4)5/h13-14H,2,12H2,1,3-11H3,(H,16,17). The van der Waals surface area contributed by atoms with E-state index in [1.807, 2.05) is 0 Å². The Balaban J connectivity index is 6.16. The highest BCUT2D eigenvalue weighted by Gasteiger charge is 2.62. The molecule has 8 heteroatoms. The Morgan fingerprint density at radius 2 is 1.48 bits per heavy atom. The Hall–Kier alpha value is -0.162. The van der Waals surface area contributed by atoms with Crippen molar-refractivity contribution in [1.29, 1.82) is 0 Å². The third-order valence-corrected chi connectivity index (χ3v) is 44.6. The first-order valence-electron chi connectivity index (χ1n) is 8.40. The molecule has 0 bridgehead atoms. The number of rotatable bonds is 8. The van der Waals surface area contributed by atoms with Crippen LogP contribution in [0.15, 0.2) is 12.8 Å². The Morgan fingerprint density at radius 3 is 1.74 bits per heavy atom. The lowest BCUT2D eigenvalue weighted by molar-refractivity contribution is 0.183. The van der Waals surface area contributed by atoms with Crippen LogP contribution in [0, 0.1) is 0 Å². The van der Waals surface area contributed by atoms with Crippen LogP contribution in [0.5, 0.6) is 0 Å². The molecule has 0 aliphatic carbocycles. The number of alkyl carbamates (subject to hydrolysis) is 1. The molecule has 0 aliphatic heterocycles. The molecule has 4 nitrogen and oxygen atoms in total. The third-order valence-electron chi connectivity index (χ3n) is 4.08. The first-order valence-corrected chi connectivity index (χ1v) is 22.8. The van der Waals surface area contributed by atoms with Crippen molar-refractivity contribution in [2.24, 2.45) is 0 Å². The molecule has 0 aliphatic rings. The van der Waals surface area contributed by atoms with Crippen LogP contribution in [0.1, 0.15) is 13.3 Å². The number of carbonyl (C=O) groups excluding carboxylic acids is 1. The molecular formula is C15H37NO3Si4. The molecular weight excluding hydrogens is 355 g/mol. The van der Waals surface area contributed by atoms with Gasteiger partial charge in [0.25, 0.3) is 0 Å². The number of amides is 1. The fourth-order valence-corrected chi connectivity index (χ4v) is 61.8. The van der Waals surface area contributed by atoms with Gasteiger partial charge in [-0.15, -0.1) is 0 Å². The van der Waals surface area contributed by atoms with Crippen molar-refractivity contribution in [1.82, 2.24) is 5.32 Å². The van der Waals surface area contributed by atoms with Gasteiger partial charge in [0.05, 0.1) is 21.4 Å². The van der Waals surface area contributed by atoms with Crippen LogP contribution in [0.25, 0.3) is 0 Å². The summed E-state index contributed by atoms with van der Waals surface area (Å²) in [6, 6.07) is 0. The summed E-state index contributed by atoms with van der Waals surface area (Å²) < 4.78 is 12.0. The Morgan fingerprint density at radius 1 is 1.04 bits per heavy atom. The van der Waals surface area contributed by atoms with Crippen LogP contribution in [0.2, 0.25) is 58.9 Å². The van der Waals surface area contributed by atoms with E-state index in [0.717, 1.165) is 6.42 Å². The van der Waals surface area contributed by atoms with Gasteiger partial charge in [-0.25, -0.2) is 4.79 Å². The molecule has 0 aromatic heterocycles. The second-order valence-electron chi connectivity index (χ2n) is 9.13. The van der Waals surface area contributed by atoms with E-state index in [2.05, 4.69) is 77.7 Å². The summed E-state index contributed by atoms with van der Waals surface area (Å²) in [4.78, 5) is 12.1. The molecule has 1 N–H and O–H groups in total. The van der Waals surface area contributed by atoms with Gasteiger partial charge < -0.3 is 14.2 Å². The average molecular weight is 392 g/mol. The van der Waals surface area contributed by atoms with Gasteiger partial charge in [-0.2, -0.15) is 0 Å². The lowest BCUT2D eigenvalue weighted by Gasteiger charge is -2.56. The maximum atomic E-state index is 12.1. The third kappa shape index (κ3) is 5.70. The summed E-state index contributed by atoms with van der Waals surface area (Å²) in [5.74, 6) is 0. The van der Waals surface area contributed by atoms with Crippen LogP contribution in [0.3, 0.4) is 0 Å². The highest BCUT2D eigenvalue weighted by molar-refractivity contribution is 7.67. The molecule has 0 aromatic carbocycles. The summed E-state index contributed by atoms with van der Waals surface area (Å²) in [6.45, 7) is 26.9. The van der Waals surface area contributed by atoms with Gasteiger partial charge in [0.15, 0.2) is 15.7 Å². The van der Waals surface area contributed by atoms with Gasteiger partial charge in [0, 0.05) is 5.67 Å². The van der Waals surface area contributed by atoms with Gasteiger partial charge in [0.1, 0.15) is 0 Å². The molecule has 0 rings (SSSR count). The predicted molar refractivity (Wildman–Crippen MR) is 111 cm³/mol. The summed E-state index contributed by atoms with van der Waals surface area (Å²) >= 11 is 0. The summed E-state index contributed by atoms with van der Waals surface area (Å²) in [5.41, 5.74) is 0.0972. The van der Waals surface area contributed by atoms with Crippen LogP contribution < -0.4 is 5.32 Å². The molecule has 0 aromatic rings. The van der Waals surface area contributed by atoms with Crippen LogP contribution >= 0.6 is 0 Å². The van der Waals surface area contributed by atoms with E-state index in [0.29, 0.717) is 0 Å². The zero-order valence-corrected chi connectivity index (χ0v) is 20.8. The number of hydrogen-bond donors (Lipinski definition) is 1. The first-order chi connectivity index (χ1) is 10.1. The van der Waals surface area contributed by atoms with Crippen LogP contribution in [-0.2, 0) is 8.85 Å². The fraction of sp³-hybridized carbons (Fsp3) is 0.800. The van der Waals surface area contributed by atoms with Crippen molar-refractivity contribution >= 4 is 36.9 Å². The van der Waals surface area contributed by atoms with E-state index in [9.17, 15) is 4.79 Å². The monoisotopic (exact) mass is 391 g/mol. The lowest BCUT2D eigenvalue weighted by atomic mass is 10.5. The smallest absolute Gasteiger partial charge is 0.412 e. The summed E-state index contributed by atoms with van der Waals surface area (Å²) in [6.07, 6.45) is 1.67. The SMILES string of the molecule is C=COC(=O)NC(CC)[Si](O[Si](C)(C)C)([Si](C)(C)C)[Si](C)(C)C. The number of carbonyl (C=O) groups is 1. The molecule has 0 heterocycles. The van der Waals surface area contributed by atoms with Crippen molar-refractivity contribution in [3.63, 3.8) is 0 Å². The van der Waals surface area contributed by atoms with Crippen LogP contribution in [-0.4, -0.2) is 42.6 Å². The molecule has 0 fully saturated rings. The maximum Gasteiger partial charge on any atom is 0.412 e. The Kier molecular flexibility index (Phi) is 7.76. The van der Waals surface area contributed by atoms with Crippen molar-refractivity contribution in [3.05, 3.63) is 12.8 Å². The van der Waals surface area contributed by atoms with E-state index in [-0.39, 0.29) is 5.67 Å². The minimum Gasteiger partial charge on any atom is -0.458 e. The molecule has 1 atom stereocenters. The summed E-state index contributed by atoms with van der Waals surface area (Å²) in [7, 11) is -7.18. The van der Waals surface area contributed by atoms with Crippen LogP contribution in [0.4, 0.5) is 4.79 Å². The van der Waals surface area contributed by atoms with E-state index in [1.54, 1.807) is 0 Å². The second kappa shape index (κ2) is 7.81. The molecule has 1 unspecified atom stereocenters. The molecule has 0 saturated heterocycles. The van der Waals surface area contributed by atoms with Crippen molar-refractivity contribution in [2.45, 2.75) is 77.9 Å². The quantitative estimate of drug-likeness (QED) is 0.477. The largest absolute Gasteiger partial charge is 0.458 e. The van der Waals surface area contributed by atoms with Crippen molar-refractivity contribution in [3.8, 4) is 0 Å². The Bertz CT molecular complexity index is 408. The van der Waals surface area contributed by atoms with E-state index in [1.165, 1.54) is 6.26 Å². The Labute approximate surface area is 146 Å². The van der Waals surface area contributed by atoms with Crippen molar-refractivity contribution < 1.29 is 13.6 Å². The normalized spacial score (nSPS) is 15.0.